The fraction of sp³-hybridized carbons (Fsp3) is 1.00. The second-order valence-electron chi connectivity index (χ2n) is 5.17. The maximum absolute atomic E-state index is 10.2. The standard InChI is InChI=1S/C12H25NO/c1-10(2)11(14)12(9-13)7-5-3-4-6-8-12/h10-11,14H,3-9,13H2,1-2H3. The van der Waals surface area contributed by atoms with Crippen LogP contribution < -0.4 is 5.73 Å². The summed E-state index contributed by atoms with van der Waals surface area (Å²) in [5.41, 5.74) is 5.90. The molecule has 0 heterocycles. The number of hydrogen-bond donors (Lipinski definition) is 2. The minimum Gasteiger partial charge on any atom is -0.392 e. The summed E-state index contributed by atoms with van der Waals surface area (Å²) >= 11 is 0. The first kappa shape index (κ1) is 12.0. The van der Waals surface area contributed by atoms with Crippen LogP contribution in [0, 0.1) is 11.3 Å². The normalized spacial score (nSPS) is 24.6. The van der Waals surface area contributed by atoms with Gasteiger partial charge in [-0.25, -0.2) is 0 Å². The Morgan fingerprint density at radius 2 is 1.64 bits per heavy atom. The second kappa shape index (κ2) is 5.13. The van der Waals surface area contributed by atoms with Crippen LogP contribution in [0.4, 0.5) is 0 Å². The Labute approximate surface area is 87.9 Å². The van der Waals surface area contributed by atoms with E-state index < -0.39 is 0 Å². The van der Waals surface area contributed by atoms with E-state index in [0.717, 1.165) is 12.8 Å². The van der Waals surface area contributed by atoms with Crippen molar-refractivity contribution in [1.29, 1.82) is 0 Å². The van der Waals surface area contributed by atoms with Crippen molar-refractivity contribution in [2.75, 3.05) is 6.54 Å². The number of nitrogens with two attached hydrogens (primary N) is 1. The van der Waals surface area contributed by atoms with Gasteiger partial charge in [0.05, 0.1) is 6.10 Å². The molecule has 2 nitrogen and oxygen atoms in total. The summed E-state index contributed by atoms with van der Waals surface area (Å²) < 4.78 is 0. The molecule has 1 aliphatic rings. The van der Waals surface area contributed by atoms with Gasteiger partial charge >= 0.3 is 0 Å². The third kappa shape index (κ3) is 2.48. The number of hydrogen-bond acceptors (Lipinski definition) is 2. The zero-order chi connectivity index (χ0) is 10.6. The van der Waals surface area contributed by atoms with Gasteiger partial charge in [-0.15, -0.1) is 0 Å². The predicted octanol–water partition coefficient (Wildman–Crippen LogP) is 2.30. The maximum atomic E-state index is 10.2. The highest BCUT2D eigenvalue weighted by Gasteiger charge is 2.38. The number of aliphatic hydroxyl groups excluding tert-OH is 1. The van der Waals surface area contributed by atoms with E-state index >= 15 is 0 Å². The van der Waals surface area contributed by atoms with Gasteiger partial charge in [-0.3, -0.25) is 0 Å². The first-order chi connectivity index (χ1) is 6.62. The molecule has 0 aromatic heterocycles. The molecular formula is C12H25NO. The Bertz CT molecular complexity index is 160. The molecule has 1 fully saturated rings. The first-order valence-electron chi connectivity index (χ1n) is 6.00. The first-order valence-corrected chi connectivity index (χ1v) is 6.00. The lowest BCUT2D eigenvalue weighted by atomic mass is 9.72. The van der Waals surface area contributed by atoms with Crippen LogP contribution >= 0.6 is 0 Å². The molecule has 14 heavy (non-hydrogen) atoms. The van der Waals surface area contributed by atoms with Gasteiger partial charge in [-0.2, -0.15) is 0 Å². The molecule has 2 heteroatoms. The molecule has 84 valence electrons. The van der Waals surface area contributed by atoms with Gasteiger partial charge in [0, 0.05) is 12.0 Å². The van der Waals surface area contributed by atoms with E-state index in [-0.39, 0.29) is 11.5 Å². The van der Waals surface area contributed by atoms with E-state index in [1.807, 2.05) is 0 Å². The van der Waals surface area contributed by atoms with Crippen molar-refractivity contribution >= 4 is 0 Å². The smallest absolute Gasteiger partial charge is 0.0631 e. The molecule has 1 aliphatic carbocycles. The van der Waals surface area contributed by atoms with E-state index in [4.69, 9.17) is 5.73 Å². The Hall–Kier alpha value is -0.0800. The molecule has 3 N–H and O–H groups in total. The summed E-state index contributed by atoms with van der Waals surface area (Å²) in [6, 6.07) is 0. The van der Waals surface area contributed by atoms with Crippen LogP contribution in [0.25, 0.3) is 0 Å². The average Bonchev–Trinajstić information content (AvgIpc) is 2.42. The molecule has 1 atom stereocenters. The van der Waals surface area contributed by atoms with Gasteiger partial charge in [0.1, 0.15) is 0 Å². The molecule has 0 aromatic rings. The summed E-state index contributed by atoms with van der Waals surface area (Å²) in [6.07, 6.45) is 7.11. The molecule has 0 bridgehead atoms. The lowest BCUT2D eigenvalue weighted by molar-refractivity contribution is -0.0141. The Balaban J connectivity index is 2.71. The van der Waals surface area contributed by atoms with Crippen molar-refractivity contribution in [3.05, 3.63) is 0 Å². The lowest BCUT2D eigenvalue weighted by Crippen LogP contribution is -2.44. The molecule has 1 unspecified atom stereocenters. The third-order valence-electron chi connectivity index (χ3n) is 3.76. The number of aliphatic hydroxyl groups is 1. The van der Waals surface area contributed by atoms with Crippen LogP contribution in [-0.4, -0.2) is 17.8 Å². The Morgan fingerprint density at radius 1 is 1.14 bits per heavy atom. The van der Waals surface area contributed by atoms with E-state index in [0.29, 0.717) is 12.5 Å². The third-order valence-corrected chi connectivity index (χ3v) is 3.76. The minimum absolute atomic E-state index is 0.0185. The van der Waals surface area contributed by atoms with Gasteiger partial charge in [0.2, 0.25) is 0 Å². The maximum Gasteiger partial charge on any atom is 0.0631 e. The summed E-state index contributed by atoms with van der Waals surface area (Å²) in [6.45, 7) is 4.83. The number of rotatable bonds is 3. The van der Waals surface area contributed by atoms with Crippen LogP contribution in [0.15, 0.2) is 0 Å². The Kier molecular flexibility index (Phi) is 4.39. The van der Waals surface area contributed by atoms with Crippen molar-refractivity contribution in [2.24, 2.45) is 17.1 Å². The van der Waals surface area contributed by atoms with E-state index in [1.54, 1.807) is 0 Å². The van der Waals surface area contributed by atoms with Gasteiger partial charge in [-0.1, -0.05) is 39.5 Å². The Morgan fingerprint density at radius 3 is 2.00 bits per heavy atom. The summed E-state index contributed by atoms with van der Waals surface area (Å²) in [7, 11) is 0. The van der Waals surface area contributed by atoms with Crippen molar-refractivity contribution in [2.45, 2.75) is 58.5 Å². The lowest BCUT2D eigenvalue weighted by Gasteiger charge is -2.38. The molecule has 0 amide bonds. The zero-order valence-electron chi connectivity index (χ0n) is 9.63. The molecule has 0 radical (unpaired) electrons. The van der Waals surface area contributed by atoms with Crippen molar-refractivity contribution in [3.63, 3.8) is 0 Å². The van der Waals surface area contributed by atoms with Crippen LogP contribution in [0.3, 0.4) is 0 Å². The zero-order valence-corrected chi connectivity index (χ0v) is 9.63. The fourth-order valence-electron chi connectivity index (χ4n) is 2.76. The summed E-state index contributed by atoms with van der Waals surface area (Å²) in [5.74, 6) is 0.330. The highest BCUT2D eigenvalue weighted by atomic mass is 16.3. The monoisotopic (exact) mass is 199 g/mol. The second-order valence-corrected chi connectivity index (χ2v) is 5.17. The van der Waals surface area contributed by atoms with Crippen LogP contribution in [0.5, 0.6) is 0 Å². The summed E-state index contributed by atoms with van der Waals surface area (Å²) in [5, 5.41) is 10.2. The fourth-order valence-corrected chi connectivity index (χ4v) is 2.76. The molecule has 0 spiro atoms. The highest BCUT2D eigenvalue weighted by molar-refractivity contribution is 4.90. The topological polar surface area (TPSA) is 46.2 Å². The van der Waals surface area contributed by atoms with Crippen LogP contribution in [0.1, 0.15) is 52.4 Å². The van der Waals surface area contributed by atoms with E-state index in [1.165, 1.54) is 25.7 Å². The van der Waals surface area contributed by atoms with Crippen LogP contribution in [0.2, 0.25) is 0 Å². The van der Waals surface area contributed by atoms with Gasteiger partial charge in [-0.05, 0) is 18.8 Å². The van der Waals surface area contributed by atoms with E-state index in [2.05, 4.69) is 13.8 Å². The average molecular weight is 199 g/mol. The van der Waals surface area contributed by atoms with Crippen molar-refractivity contribution in [3.8, 4) is 0 Å². The van der Waals surface area contributed by atoms with Gasteiger partial charge < -0.3 is 10.8 Å². The highest BCUT2D eigenvalue weighted by Crippen LogP contribution is 2.39. The molecule has 0 aromatic carbocycles. The predicted molar refractivity (Wildman–Crippen MR) is 60.0 cm³/mol. The van der Waals surface area contributed by atoms with Crippen LogP contribution in [-0.2, 0) is 0 Å². The molecule has 0 aliphatic heterocycles. The van der Waals surface area contributed by atoms with E-state index in [9.17, 15) is 5.11 Å². The SMILES string of the molecule is CC(C)C(O)C1(CN)CCCCCC1. The minimum atomic E-state index is -0.217. The van der Waals surface area contributed by atoms with Gasteiger partial charge in [0.25, 0.3) is 0 Å². The molecule has 0 saturated heterocycles. The molecular weight excluding hydrogens is 174 g/mol. The molecule has 1 saturated carbocycles. The quantitative estimate of drug-likeness (QED) is 0.685. The van der Waals surface area contributed by atoms with Crippen molar-refractivity contribution in [1.82, 2.24) is 0 Å². The van der Waals surface area contributed by atoms with Gasteiger partial charge in [0.15, 0.2) is 0 Å². The largest absolute Gasteiger partial charge is 0.392 e. The van der Waals surface area contributed by atoms with Crippen molar-refractivity contribution < 1.29 is 5.11 Å². The summed E-state index contributed by atoms with van der Waals surface area (Å²) in [4.78, 5) is 0. The molecule has 1 rings (SSSR count).